The first-order valence-corrected chi connectivity index (χ1v) is 8.52. The molecule has 140 valence electrons. The van der Waals surface area contributed by atoms with E-state index in [0.29, 0.717) is 11.3 Å². The molecule has 2 N–H and O–H groups in total. The third-order valence-electron chi connectivity index (χ3n) is 4.37. The molecule has 0 aliphatic carbocycles. The summed E-state index contributed by atoms with van der Waals surface area (Å²) in [6, 6.07) is 13.1. The number of hydrogen-bond donors (Lipinski definition) is 2. The van der Waals surface area contributed by atoms with Gasteiger partial charge >= 0.3 is 5.97 Å². The van der Waals surface area contributed by atoms with E-state index in [1.54, 1.807) is 24.3 Å². The van der Waals surface area contributed by atoms with Crippen LogP contribution in [0.2, 0.25) is 0 Å². The van der Waals surface area contributed by atoms with Crippen LogP contribution in [0, 0.1) is 0 Å². The molecule has 6 nitrogen and oxygen atoms in total. The molecule has 27 heavy (non-hydrogen) atoms. The van der Waals surface area contributed by atoms with Crippen LogP contribution in [0.3, 0.4) is 0 Å². The molecule has 3 rings (SSSR count). The van der Waals surface area contributed by atoms with E-state index in [0.717, 1.165) is 18.1 Å². The van der Waals surface area contributed by atoms with Crippen LogP contribution < -0.4 is 10.6 Å². The molecule has 7 heteroatoms. The van der Waals surface area contributed by atoms with Crippen LogP contribution in [-0.4, -0.2) is 30.1 Å². The van der Waals surface area contributed by atoms with Crippen molar-refractivity contribution < 1.29 is 23.5 Å². The Kier molecular flexibility index (Phi) is 4.94. The molecule has 2 aromatic rings. The second kappa shape index (κ2) is 7.19. The molecule has 0 saturated carbocycles. The van der Waals surface area contributed by atoms with Crippen molar-refractivity contribution in [3.8, 4) is 11.1 Å². The minimum Gasteiger partial charge on any atom is -0.463 e. The second-order valence-electron chi connectivity index (χ2n) is 6.25. The zero-order chi connectivity index (χ0) is 19.6. The largest absolute Gasteiger partial charge is 0.463 e. The summed E-state index contributed by atoms with van der Waals surface area (Å²) >= 11 is 0. The van der Waals surface area contributed by atoms with Gasteiger partial charge in [0.05, 0.1) is 6.61 Å². The Bertz CT molecular complexity index is 910. The van der Waals surface area contributed by atoms with Gasteiger partial charge in [-0.1, -0.05) is 42.5 Å². The lowest BCUT2D eigenvalue weighted by Crippen LogP contribution is -2.50. The molecule has 2 atom stereocenters. The standard InChI is InChI=1S/C20H19FN2O4/c1-3-27-19(26)20(2,21)18(25)23-16-14-10-5-4-8-12(14)13-9-6-7-11-15(13)22-17(16)24/h4-11,16H,3H2,1-2H3,(H,22,24)(H,23,25)/t16-,20-/m0/s1. The number of para-hydroxylation sites is 1. The molecule has 0 saturated heterocycles. The van der Waals surface area contributed by atoms with E-state index in [1.165, 1.54) is 6.92 Å². The number of benzene rings is 2. The van der Waals surface area contributed by atoms with Gasteiger partial charge in [-0.3, -0.25) is 9.59 Å². The highest BCUT2D eigenvalue weighted by Gasteiger charge is 2.45. The number of carbonyl (C=O) groups excluding carboxylic acids is 3. The molecule has 1 aliphatic rings. The number of carbonyl (C=O) groups is 3. The van der Waals surface area contributed by atoms with Gasteiger partial charge < -0.3 is 15.4 Å². The highest BCUT2D eigenvalue weighted by molar-refractivity contribution is 6.09. The monoisotopic (exact) mass is 370 g/mol. The molecule has 1 aliphatic heterocycles. The fourth-order valence-electron chi connectivity index (χ4n) is 2.94. The van der Waals surface area contributed by atoms with Crippen molar-refractivity contribution in [3.63, 3.8) is 0 Å². The number of nitrogens with one attached hydrogen (secondary N) is 2. The Morgan fingerprint density at radius 1 is 1.15 bits per heavy atom. The lowest BCUT2D eigenvalue weighted by Gasteiger charge is -2.23. The van der Waals surface area contributed by atoms with Gasteiger partial charge in [-0.15, -0.1) is 0 Å². The number of hydrogen-bond acceptors (Lipinski definition) is 4. The molecule has 0 aromatic heterocycles. The van der Waals surface area contributed by atoms with Crippen LogP contribution >= 0.6 is 0 Å². The number of rotatable bonds is 4. The van der Waals surface area contributed by atoms with Crippen LogP contribution in [0.25, 0.3) is 11.1 Å². The van der Waals surface area contributed by atoms with E-state index in [9.17, 15) is 18.8 Å². The summed E-state index contributed by atoms with van der Waals surface area (Å²) in [4.78, 5) is 36.9. The number of ether oxygens (including phenoxy) is 1. The minimum absolute atomic E-state index is 0.0618. The van der Waals surface area contributed by atoms with Gasteiger partial charge in [-0.05, 0) is 31.0 Å². The lowest BCUT2D eigenvalue weighted by atomic mass is 9.95. The van der Waals surface area contributed by atoms with Crippen molar-refractivity contribution in [2.45, 2.75) is 25.6 Å². The molecule has 0 radical (unpaired) electrons. The van der Waals surface area contributed by atoms with Gasteiger partial charge in [0, 0.05) is 11.3 Å². The fraction of sp³-hybridized carbons (Fsp3) is 0.250. The maximum Gasteiger partial charge on any atom is 0.353 e. The van der Waals surface area contributed by atoms with E-state index >= 15 is 0 Å². The summed E-state index contributed by atoms with van der Waals surface area (Å²) in [6.45, 7) is 2.27. The van der Waals surface area contributed by atoms with E-state index < -0.39 is 29.5 Å². The molecular weight excluding hydrogens is 351 g/mol. The van der Waals surface area contributed by atoms with Crippen LogP contribution in [0.5, 0.6) is 0 Å². The lowest BCUT2D eigenvalue weighted by molar-refractivity contribution is -0.162. The van der Waals surface area contributed by atoms with Crippen LogP contribution in [0.15, 0.2) is 48.5 Å². The number of anilines is 1. The first kappa shape index (κ1) is 18.6. The van der Waals surface area contributed by atoms with Crippen molar-refractivity contribution in [1.29, 1.82) is 0 Å². The van der Waals surface area contributed by atoms with Crippen molar-refractivity contribution in [2.75, 3.05) is 11.9 Å². The van der Waals surface area contributed by atoms with E-state index in [4.69, 9.17) is 0 Å². The van der Waals surface area contributed by atoms with Crippen LogP contribution in [0.1, 0.15) is 25.5 Å². The summed E-state index contributed by atoms with van der Waals surface area (Å²) in [6.07, 6.45) is 0. The molecule has 2 amide bonds. The second-order valence-corrected chi connectivity index (χ2v) is 6.25. The average Bonchev–Trinajstić information content (AvgIpc) is 2.77. The van der Waals surface area contributed by atoms with Crippen molar-refractivity contribution in [3.05, 3.63) is 54.1 Å². The van der Waals surface area contributed by atoms with Gasteiger partial charge in [0.1, 0.15) is 6.04 Å². The molecule has 0 spiro atoms. The molecule has 2 aromatic carbocycles. The fourth-order valence-corrected chi connectivity index (χ4v) is 2.94. The van der Waals surface area contributed by atoms with Gasteiger partial charge in [-0.25, -0.2) is 9.18 Å². The first-order chi connectivity index (χ1) is 12.9. The highest BCUT2D eigenvalue weighted by Crippen LogP contribution is 2.37. The predicted molar refractivity (Wildman–Crippen MR) is 97.5 cm³/mol. The number of halogens is 1. The zero-order valence-electron chi connectivity index (χ0n) is 14.9. The Balaban J connectivity index is 1.98. The molecular formula is C20H19FN2O4. The SMILES string of the molecule is CCOC(=O)[C@@](C)(F)C(=O)N[C@@H]1C(=O)Nc2ccccc2-c2ccccc21. The van der Waals surface area contributed by atoms with Gasteiger partial charge in [0.15, 0.2) is 0 Å². The Hall–Kier alpha value is -3.22. The Labute approximate surface area is 155 Å². The van der Waals surface area contributed by atoms with E-state index in [1.807, 2.05) is 24.3 Å². The first-order valence-electron chi connectivity index (χ1n) is 8.52. The number of esters is 1. The smallest absolute Gasteiger partial charge is 0.353 e. The van der Waals surface area contributed by atoms with Crippen molar-refractivity contribution >= 4 is 23.5 Å². The molecule has 0 fully saturated rings. The molecule has 0 bridgehead atoms. The zero-order valence-corrected chi connectivity index (χ0v) is 14.9. The third kappa shape index (κ3) is 3.40. The summed E-state index contributed by atoms with van der Waals surface area (Å²) in [5.41, 5.74) is -0.308. The topological polar surface area (TPSA) is 84.5 Å². The summed E-state index contributed by atoms with van der Waals surface area (Å²) in [7, 11) is 0. The van der Waals surface area contributed by atoms with Gasteiger partial charge in [0.25, 0.3) is 17.5 Å². The van der Waals surface area contributed by atoms with Gasteiger partial charge in [-0.2, -0.15) is 0 Å². The Morgan fingerprint density at radius 2 is 1.78 bits per heavy atom. The normalized spacial score (nSPS) is 17.4. The number of fused-ring (bicyclic) bond motifs is 3. The summed E-state index contributed by atoms with van der Waals surface area (Å²) in [5.74, 6) is -3.06. The van der Waals surface area contributed by atoms with E-state index in [-0.39, 0.29) is 6.61 Å². The maximum atomic E-state index is 14.7. The quantitative estimate of drug-likeness (QED) is 0.640. The third-order valence-corrected chi connectivity index (χ3v) is 4.37. The van der Waals surface area contributed by atoms with E-state index in [2.05, 4.69) is 15.4 Å². The van der Waals surface area contributed by atoms with Crippen molar-refractivity contribution in [1.82, 2.24) is 5.32 Å². The highest BCUT2D eigenvalue weighted by atomic mass is 19.1. The predicted octanol–water partition coefficient (Wildman–Crippen LogP) is 2.75. The number of alkyl halides is 1. The maximum absolute atomic E-state index is 14.7. The Morgan fingerprint density at radius 3 is 2.48 bits per heavy atom. The molecule has 0 unspecified atom stereocenters. The van der Waals surface area contributed by atoms with Crippen LogP contribution in [0.4, 0.5) is 10.1 Å². The van der Waals surface area contributed by atoms with Gasteiger partial charge in [0.2, 0.25) is 0 Å². The number of amides is 2. The minimum atomic E-state index is -2.91. The van der Waals surface area contributed by atoms with Crippen LogP contribution in [-0.2, 0) is 19.1 Å². The van der Waals surface area contributed by atoms with Crippen molar-refractivity contribution in [2.24, 2.45) is 0 Å². The summed E-state index contributed by atoms with van der Waals surface area (Å²) in [5, 5.41) is 5.09. The average molecular weight is 370 g/mol. The summed E-state index contributed by atoms with van der Waals surface area (Å²) < 4.78 is 19.3. The molecule has 1 heterocycles.